The lowest BCUT2D eigenvalue weighted by Gasteiger charge is -2.13. The van der Waals surface area contributed by atoms with Crippen LogP contribution in [0.15, 0.2) is 36.4 Å². The van der Waals surface area contributed by atoms with Crippen molar-refractivity contribution < 1.29 is 14.3 Å². The predicted octanol–water partition coefficient (Wildman–Crippen LogP) is 3.30. The molecule has 4 rings (SSSR count). The van der Waals surface area contributed by atoms with Crippen LogP contribution in [0.1, 0.15) is 17.5 Å². The zero-order valence-electron chi connectivity index (χ0n) is 16.1. The third-order valence-electron chi connectivity index (χ3n) is 4.59. The number of aromatic nitrogens is 2. The van der Waals surface area contributed by atoms with E-state index >= 15 is 0 Å². The average molecular weight is 380 g/mol. The molecule has 1 aliphatic heterocycles. The first-order valence-electron chi connectivity index (χ1n) is 9.38. The average Bonchev–Trinajstić information content (AvgIpc) is 3.08. The van der Waals surface area contributed by atoms with Crippen molar-refractivity contribution in [2.45, 2.75) is 19.6 Å². The van der Waals surface area contributed by atoms with Crippen LogP contribution < -0.4 is 10.1 Å². The summed E-state index contributed by atoms with van der Waals surface area (Å²) < 4.78 is 11.2. The number of alkyl carbamates (subject to hydrolysis) is 1. The molecule has 1 aliphatic rings. The molecule has 28 heavy (non-hydrogen) atoms. The van der Waals surface area contributed by atoms with Gasteiger partial charge >= 0.3 is 6.09 Å². The number of carbonyl (C=O) groups is 1. The normalized spacial score (nSPS) is 14.9. The predicted molar refractivity (Wildman–Crippen MR) is 107 cm³/mol. The minimum Gasteiger partial charge on any atom is -0.494 e. The number of H-pyrrole nitrogens is 1. The van der Waals surface area contributed by atoms with Crippen LogP contribution >= 0.6 is 0 Å². The second kappa shape index (κ2) is 7.90. The van der Waals surface area contributed by atoms with Gasteiger partial charge in [-0.25, -0.2) is 4.79 Å². The number of hydrogen-bond acceptors (Lipinski definition) is 5. The van der Waals surface area contributed by atoms with Crippen molar-refractivity contribution in [2.75, 3.05) is 27.2 Å². The summed E-state index contributed by atoms with van der Waals surface area (Å²) in [6, 6.07) is 12.1. The summed E-state index contributed by atoms with van der Waals surface area (Å²) >= 11 is 0. The molecule has 2 N–H and O–H groups in total. The smallest absolute Gasteiger partial charge is 0.407 e. The lowest BCUT2D eigenvalue weighted by atomic mass is 10.0. The summed E-state index contributed by atoms with van der Waals surface area (Å²) in [6.45, 7) is 2.01. The van der Waals surface area contributed by atoms with Crippen LogP contribution in [-0.4, -0.2) is 48.4 Å². The molecular weight excluding hydrogens is 356 g/mol. The van der Waals surface area contributed by atoms with Crippen molar-refractivity contribution in [1.29, 1.82) is 0 Å². The van der Waals surface area contributed by atoms with Crippen molar-refractivity contribution in [1.82, 2.24) is 20.4 Å². The minimum atomic E-state index is -0.419. The first-order valence-corrected chi connectivity index (χ1v) is 9.38. The Labute approximate surface area is 163 Å². The molecule has 0 spiro atoms. The Morgan fingerprint density at radius 2 is 2.04 bits per heavy atom. The molecule has 1 amide bonds. The SMILES string of the molecule is CN(C)Cc1cc2cc(c1)-c1n[nH]c3ccc(cc13)OCCCNC(=O)OC2. The van der Waals surface area contributed by atoms with Crippen molar-refractivity contribution in [3.05, 3.63) is 47.5 Å². The number of hydrogen-bond donors (Lipinski definition) is 2. The molecule has 4 bridgehead atoms. The van der Waals surface area contributed by atoms with E-state index in [0.717, 1.165) is 45.6 Å². The zero-order valence-corrected chi connectivity index (χ0v) is 16.1. The third kappa shape index (κ3) is 4.09. The summed E-state index contributed by atoms with van der Waals surface area (Å²) in [5, 5.41) is 11.4. The molecule has 0 radical (unpaired) electrons. The number of nitrogens with zero attached hydrogens (tertiary/aromatic N) is 2. The Morgan fingerprint density at radius 3 is 2.89 bits per heavy atom. The maximum absolute atomic E-state index is 11.9. The fourth-order valence-corrected chi connectivity index (χ4v) is 3.39. The molecule has 2 aromatic carbocycles. The van der Waals surface area contributed by atoms with Gasteiger partial charge < -0.3 is 19.7 Å². The number of rotatable bonds is 2. The van der Waals surface area contributed by atoms with Crippen LogP contribution in [0.3, 0.4) is 0 Å². The molecular formula is C21H24N4O3. The minimum absolute atomic E-state index is 0.213. The van der Waals surface area contributed by atoms with Gasteiger partial charge in [0.2, 0.25) is 0 Å². The number of nitrogens with one attached hydrogen (secondary N) is 2. The highest BCUT2D eigenvalue weighted by Crippen LogP contribution is 2.31. The Balaban J connectivity index is 1.81. The van der Waals surface area contributed by atoms with E-state index in [1.807, 2.05) is 38.4 Å². The van der Waals surface area contributed by atoms with Crippen LogP contribution in [0.25, 0.3) is 22.2 Å². The van der Waals surface area contributed by atoms with E-state index in [0.29, 0.717) is 19.6 Å². The molecule has 0 unspecified atom stereocenters. The zero-order chi connectivity index (χ0) is 19.5. The molecule has 2 heterocycles. The van der Waals surface area contributed by atoms with Crippen molar-refractivity contribution in [2.24, 2.45) is 0 Å². The molecule has 0 fully saturated rings. The molecule has 0 atom stereocenters. The Bertz CT molecular complexity index is 996. The van der Waals surface area contributed by atoms with Gasteiger partial charge in [-0.3, -0.25) is 5.10 Å². The van der Waals surface area contributed by atoms with Crippen LogP contribution in [0, 0.1) is 0 Å². The number of cyclic esters (lactones) is 1. The Kier molecular flexibility index (Phi) is 5.16. The molecule has 7 nitrogen and oxygen atoms in total. The highest BCUT2D eigenvalue weighted by molar-refractivity contribution is 5.94. The van der Waals surface area contributed by atoms with Gasteiger partial charge in [0, 0.05) is 24.0 Å². The third-order valence-corrected chi connectivity index (χ3v) is 4.59. The highest BCUT2D eigenvalue weighted by Gasteiger charge is 2.13. The fourth-order valence-electron chi connectivity index (χ4n) is 3.39. The molecule has 3 aromatic rings. The molecule has 0 saturated carbocycles. The summed E-state index contributed by atoms with van der Waals surface area (Å²) in [5.41, 5.74) is 4.87. The Morgan fingerprint density at radius 1 is 1.14 bits per heavy atom. The molecule has 7 heteroatoms. The van der Waals surface area contributed by atoms with Gasteiger partial charge in [-0.2, -0.15) is 5.10 Å². The van der Waals surface area contributed by atoms with Crippen LogP contribution in [-0.2, 0) is 17.9 Å². The van der Waals surface area contributed by atoms with E-state index < -0.39 is 6.09 Å². The first kappa shape index (κ1) is 18.3. The second-order valence-corrected chi connectivity index (χ2v) is 7.26. The Hall–Kier alpha value is -3.06. The van der Waals surface area contributed by atoms with Gasteiger partial charge in [-0.15, -0.1) is 0 Å². The second-order valence-electron chi connectivity index (χ2n) is 7.26. The number of ether oxygens (including phenoxy) is 2. The van der Waals surface area contributed by atoms with Crippen molar-refractivity contribution >= 4 is 17.0 Å². The number of fused-ring (bicyclic) bond motifs is 4. The van der Waals surface area contributed by atoms with Crippen LogP contribution in [0.5, 0.6) is 5.75 Å². The van der Waals surface area contributed by atoms with E-state index in [1.165, 1.54) is 0 Å². The van der Waals surface area contributed by atoms with E-state index in [9.17, 15) is 4.79 Å². The summed E-state index contributed by atoms with van der Waals surface area (Å²) in [7, 11) is 4.05. The molecule has 0 saturated heterocycles. The summed E-state index contributed by atoms with van der Waals surface area (Å²) in [5.74, 6) is 0.789. The highest BCUT2D eigenvalue weighted by atomic mass is 16.5. The van der Waals surface area contributed by atoms with Gasteiger partial charge in [-0.05, 0) is 62.0 Å². The lowest BCUT2D eigenvalue weighted by Crippen LogP contribution is -2.26. The van der Waals surface area contributed by atoms with E-state index in [2.05, 4.69) is 32.5 Å². The first-order chi connectivity index (χ1) is 13.6. The largest absolute Gasteiger partial charge is 0.494 e. The topological polar surface area (TPSA) is 79.5 Å². The van der Waals surface area contributed by atoms with Gasteiger partial charge in [0.15, 0.2) is 0 Å². The number of aromatic amines is 1. The molecule has 1 aromatic heterocycles. The van der Waals surface area contributed by atoms with Gasteiger partial charge in [-0.1, -0.05) is 6.07 Å². The molecule has 0 aliphatic carbocycles. The summed E-state index contributed by atoms with van der Waals surface area (Å²) in [6.07, 6.45) is 0.281. The van der Waals surface area contributed by atoms with Crippen LogP contribution in [0.4, 0.5) is 4.79 Å². The van der Waals surface area contributed by atoms with Crippen molar-refractivity contribution in [3.63, 3.8) is 0 Å². The van der Waals surface area contributed by atoms with Crippen molar-refractivity contribution in [3.8, 4) is 17.0 Å². The molecule has 146 valence electrons. The fraction of sp³-hybridized carbons (Fsp3) is 0.333. The number of benzene rings is 2. The monoisotopic (exact) mass is 380 g/mol. The van der Waals surface area contributed by atoms with Gasteiger partial charge in [0.05, 0.1) is 12.1 Å². The van der Waals surface area contributed by atoms with E-state index in [-0.39, 0.29) is 6.61 Å². The van der Waals surface area contributed by atoms with Gasteiger partial charge in [0.25, 0.3) is 0 Å². The maximum Gasteiger partial charge on any atom is 0.407 e. The lowest BCUT2D eigenvalue weighted by molar-refractivity contribution is 0.139. The van der Waals surface area contributed by atoms with Gasteiger partial charge in [0.1, 0.15) is 18.1 Å². The van der Waals surface area contributed by atoms with Crippen LogP contribution in [0.2, 0.25) is 0 Å². The number of amides is 1. The van der Waals surface area contributed by atoms with E-state index in [1.54, 1.807) is 0 Å². The quantitative estimate of drug-likeness (QED) is 0.713. The maximum atomic E-state index is 11.9. The number of carbonyl (C=O) groups excluding carboxylic acids is 1. The summed E-state index contributed by atoms with van der Waals surface area (Å²) in [4.78, 5) is 14.0. The standard InChI is InChI=1S/C21H24N4O3/c1-25(2)12-14-8-15-10-16(9-14)20-18-11-17(4-5-19(18)23-24-20)27-7-3-6-22-21(26)28-13-15/h4-5,8-11H,3,6-7,12-13H2,1-2H3,(H,22,26)(H,23,24). The van der Waals surface area contributed by atoms with E-state index in [4.69, 9.17) is 9.47 Å².